The monoisotopic (exact) mass is 438 g/mol. The number of anilines is 1. The van der Waals surface area contributed by atoms with Crippen LogP contribution in [0, 0.1) is 5.82 Å². The molecule has 166 valence electrons. The number of piperazine rings is 1. The van der Waals surface area contributed by atoms with E-state index in [0.717, 1.165) is 6.07 Å². The van der Waals surface area contributed by atoms with Gasteiger partial charge in [-0.2, -0.15) is 0 Å². The lowest BCUT2D eigenvalue weighted by Crippen LogP contribution is -2.49. The molecule has 0 atom stereocenters. The third-order valence-corrected chi connectivity index (χ3v) is 5.68. The van der Waals surface area contributed by atoms with Crippen molar-refractivity contribution < 1.29 is 18.7 Å². The van der Waals surface area contributed by atoms with Crippen molar-refractivity contribution in [3.05, 3.63) is 70.0 Å². The fraction of sp³-hybridized carbons (Fsp3) is 0.304. The number of ether oxygens (including phenoxy) is 1. The van der Waals surface area contributed by atoms with Crippen LogP contribution in [-0.2, 0) is 11.3 Å². The van der Waals surface area contributed by atoms with E-state index in [1.54, 1.807) is 27.8 Å². The van der Waals surface area contributed by atoms with Crippen LogP contribution in [0.3, 0.4) is 0 Å². The zero-order valence-corrected chi connectivity index (χ0v) is 17.9. The number of aryl methyl sites for hydroxylation is 1. The molecule has 4 rings (SSSR count). The minimum absolute atomic E-state index is 0.102. The van der Waals surface area contributed by atoms with Crippen LogP contribution >= 0.6 is 0 Å². The summed E-state index contributed by atoms with van der Waals surface area (Å²) in [5.41, 5.74) is 0.933. The van der Waals surface area contributed by atoms with Gasteiger partial charge in [0.25, 0.3) is 5.91 Å². The van der Waals surface area contributed by atoms with Gasteiger partial charge in [-0.15, -0.1) is 0 Å². The number of esters is 1. The van der Waals surface area contributed by atoms with Gasteiger partial charge in [0.05, 0.1) is 29.3 Å². The Hall–Kier alpha value is -3.75. The van der Waals surface area contributed by atoms with Crippen LogP contribution in [0.4, 0.5) is 10.1 Å². The number of hydrogen-bond donors (Lipinski definition) is 0. The average molecular weight is 438 g/mol. The van der Waals surface area contributed by atoms with Gasteiger partial charge in [-0.3, -0.25) is 14.6 Å². The molecule has 1 aromatic carbocycles. The van der Waals surface area contributed by atoms with E-state index in [4.69, 9.17) is 4.74 Å². The van der Waals surface area contributed by atoms with Crippen molar-refractivity contribution in [1.29, 1.82) is 0 Å². The summed E-state index contributed by atoms with van der Waals surface area (Å²) in [6, 6.07) is 5.99. The number of carbonyl (C=O) groups excluding carboxylic acids is 2. The Morgan fingerprint density at radius 1 is 1.19 bits per heavy atom. The fourth-order valence-corrected chi connectivity index (χ4v) is 4.05. The van der Waals surface area contributed by atoms with Crippen LogP contribution in [0.25, 0.3) is 10.9 Å². The number of halogens is 1. The number of amides is 1. The van der Waals surface area contributed by atoms with Gasteiger partial charge in [0.15, 0.2) is 0 Å². The number of carbonyl (C=O) groups is 2. The molecule has 0 radical (unpaired) electrons. The van der Waals surface area contributed by atoms with E-state index in [0.29, 0.717) is 49.5 Å². The summed E-state index contributed by atoms with van der Waals surface area (Å²) >= 11 is 0. The highest BCUT2D eigenvalue weighted by atomic mass is 19.1. The van der Waals surface area contributed by atoms with Gasteiger partial charge in [-0.25, -0.2) is 9.18 Å². The van der Waals surface area contributed by atoms with Gasteiger partial charge in [-0.05, 0) is 31.2 Å². The van der Waals surface area contributed by atoms with Crippen LogP contribution in [0.1, 0.15) is 27.6 Å². The van der Waals surface area contributed by atoms with Crippen molar-refractivity contribution in [2.45, 2.75) is 13.5 Å². The summed E-state index contributed by atoms with van der Waals surface area (Å²) in [7, 11) is 1.20. The second kappa shape index (κ2) is 8.78. The molecule has 0 saturated carbocycles. The first-order valence-electron chi connectivity index (χ1n) is 10.3. The Morgan fingerprint density at radius 3 is 2.56 bits per heavy atom. The summed E-state index contributed by atoms with van der Waals surface area (Å²) in [5, 5.41) is 0.124. The lowest BCUT2D eigenvalue weighted by Gasteiger charge is -2.37. The number of rotatable bonds is 4. The van der Waals surface area contributed by atoms with E-state index in [1.807, 2.05) is 11.8 Å². The molecule has 0 unspecified atom stereocenters. The number of pyridine rings is 2. The Kier molecular flexibility index (Phi) is 5.89. The number of hydrogen-bond acceptors (Lipinski definition) is 6. The Balaban J connectivity index is 1.69. The summed E-state index contributed by atoms with van der Waals surface area (Å²) in [5.74, 6) is -1.43. The normalized spacial score (nSPS) is 14.0. The smallest absolute Gasteiger partial charge is 0.343 e. The number of nitrogens with zero attached hydrogens (tertiary/aromatic N) is 4. The van der Waals surface area contributed by atoms with E-state index in [9.17, 15) is 18.8 Å². The van der Waals surface area contributed by atoms with Crippen LogP contribution in [0.2, 0.25) is 0 Å². The van der Waals surface area contributed by atoms with E-state index >= 15 is 0 Å². The van der Waals surface area contributed by atoms with Crippen LogP contribution in [-0.4, -0.2) is 59.6 Å². The largest absolute Gasteiger partial charge is 0.465 e. The molecule has 0 aliphatic carbocycles. The van der Waals surface area contributed by atoms with Crippen molar-refractivity contribution in [3.8, 4) is 0 Å². The lowest BCUT2D eigenvalue weighted by molar-refractivity contribution is 0.0598. The molecule has 1 saturated heterocycles. The molecular weight excluding hydrogens is 415 g/mol. The number of aromatic nitrogens is 2. The van der Waals surface area contributed by atoms with E-state index in [2.05, 4.69) is 4.98 Å². The molecule has 8 nitrogen and oxygen atoms in total. The zero-order chi connectivity index (χ0) is 22.8. The van der Waals surface area contributed by atoms with E-state index < -0.39 is 17.2 Å². The number of benzene rings is 1. The molecule has 32 heavy (non-hydrogen) atoms. The molecule has 1 aliphatic heterocycles. The molecule has 0 bridgehead atoms. The zero-order valence-electron chi connectivity index (χ0n) is 17.9. The highest BCUT2D eigenvalue weighted by Crippen LogP contribution is 2.29. The van der Waals surface area contributed by atoms with Gasteiger partial charge in [0, 0.05) is 51.3 Å². The average Bonchev–Trinajstić information content (AvgIpc) is 2.84. The standard InChI is InChI=1S/C23H23FN4O4/c1-3-26-14-18(23(31)32-2)21(29)17-11-16(24)12-19(20(17)26)27-7-9-28(10-8-27)22(30)15-5-4-6-25-13-15/h4-6,11-14H,3,7-10H2,1-2H3. The van der Waals surface area contributed by atoms with Crippen molar-refractivity contribution in [2.75, 3.05) is 38.2 Å². The first-order valence-corrected chi connectivity index (χ1v) is 10.3. The summed E-state index contributed by atoms with van der Waals surface area (Å²) in [4.78, 5) is 45.4. The Labute approximate surface area is 183 Å². The van der Waals surface area contributed by atoms with Gasteiger partial charge in [0.2, 0.25) is 5.43 Å². The predicted octanol–water partition coefficient (Wildman–Crippen LogP) is 2.30. The molecule has 1 aliphatic rings. The van der Waals surface area contributed by atoms with E-state index in [1.165, 1.54) is 25.6 Å². The van der Waals surface area contributed by atoms with Crippen LogP contribution in [0.15, 0.2) is 47.7 Å². The van der Waals surface area contributed by atoms with Crippen molar-refractivity contribution >= 4 is 28.5 Å². The van der Waals surface area contributed by atoms with Gasteiger partial charge in [0.1, 0.15) is 11.4 Å². The lowest BCUT2D eigenvalue weighted by atomic mass is 10.1. The number of fused-ring (bicyclic) bond motifs is 1. The van der Waals surface area contributed by atoms with Gasteiger partial charge >= 0.3 is 5.97 Å². The van der Waals surface area contributed by atoms with Gasteiger partial charge < -0.3 is 19.1 Å². The molecule has 1 amide bonds. The second-order valence-electron chi connectivity index (χ2n) is 7.49. The summed E-state index contributed by atoms with van der Waals surface area (Å²) in [6.45, 7) is 4.19. The maximum atomic E-state index is 14.5. The van der Waals surface area contributed by atoms with Crippen LogP contribution < -0.4 is 10.3 Å². The molecule has 2 aromatic heterocycles. The highest BCUT2D eigenvalue weighted by Gasteiger charge is 2.26. The quantitative estimate of drug-likeness (QED) is 0.582. The third kappa shape index (κ3) is 3.81. The first kappa shape index (κ1) is 21.5. The fourth-order valence-electron chi connectivity index (χ4n) is 4.05. The molecule has 0 N–H and O–H groups in total. The maximum absolute atomic E-state index is 14.5. The Morgan fingerprint density at radius 2 is 1.94 bits per heavy atom. The molecule has 3 heterocycles. The minimum atomic E-state index is -0.757. The van der Waals surface area contributed by atoms with Crippen molar-refractivity contribution in [2.24, 2.45) is 0 Å². The van der Waals surface area contributed by atoms with E-state index in [-0.39, 0.29) is 16.9 Å². The SMILES string of the molecule is CCn1cc(C(=O)OC)c(=O)c2cc(F)cc(N3CCN(C(=O)c4cccnc4)CC3)c21. The summed E-state index contributed by atoms with van der Waals surface area (Å²) < 4.78 is 21.0. The minimum Gasteiger partial charge on any atom is -0.465 e. The molecule has 3 aromatic rings. The Bertz CT molecular complexity index is 1230. The second-order valence-corrected chi connectivity index (χ2v) is 7.49. The number of methoxy groups -OCH3 is 1. The first-order chi connectivity index (χ1) is 15.4. The molecule has 0 spiro atoms. The molecule has 9 heteroatoms. The third-order valence-electron chi connectivity index (χ3n) is 5.68. The summed E-state index contributed by atoms with van der Waals surface area (Å²) in [6.07, 6.45) is 4.61. The van der Waals surface area contributed by atoms with Crippen molar-refractivity contribution in [3.63, 3.8) is 0 Å². The molecular formula is C23H23FN4O4. The highest BCUT2D eigenvalue weighted by molar-refractivity contribution is 5.98. The topological polar surface area (TPSA) is 84.7 Å². The maximum Gasteiger partial charge on any atom is 0.343 e. The van der Waals surface area contributed by atoms with Crippen molar-refractivity contribution in [1.82, 2.24) is 14.5 Å². The predicted molar refractivity (Wildman–Crippen MR) is 118 cm³/mol. The van der Waals surface area contributed by atoms with Gasteiger partial charge in [-0.1, -0.05) is 0 Å². The molecule has 1 fully saturated rings. The van der Waals surface area contributed by atoms with Crippen LogP contribution in [0.5, 0.6) is 0 Å².